The van der Waals surface area contributed by atoms with E-state index in [1.165, 1.54) is 11.8 Å². The quantitative estimate of drug-likeness (QED) is 0.606. The zero-order chi connectivity index (χ0) is 18.4. The van der Waals surface area contributed by atoms with Gasteiger partial charge >= 0.3 is 0 Å². The van der Waals surface area contributed by atoms with Crippen molar-refractivity contribution in [3.63, 3.8) is 0 Å². The average molecular weight is 390 g/mol. The Morgan fingerprint density at radius 3 is 2.96 bits per heavy atom. The van der Waals surface area contributed by atoms with Gasteiger partial charge in [0.15, 0.2) is 5.17 Å². The van der Waals surface area contributed by atoms with E-state index >= 15 is 0 Å². The molecule has 0 saturated carbocycles. The number of benzene rings is 2. The summed E-state index contributed by atoms with van der Waals surface area (Å²) in [6.07, 6.45) is 1.55. The molecule has 0 atom stereocenters. The van der Waals surface area contributed by atoms with Crippen LogP contribution in [0.4, 0.5) is 0 Å². The number of hydrogen-bond donors (Lipinski definition) is 1. The predicted molar refractivity (Wildman–Crippen MR) is 104 cm³/mol. The van der Waals surface area contributed by atoms with Crippen molar-refractivity contribution in [2.75, 3.05) is 12.9 Å². The van der Waals surface area contributed by atoms with Crippen molar-refractivity contribution in [1.29, 1.82) is 0 Å². The van der Waals surface area contributed by atoms with Crippen molar-refractivity contribution in [3.8, 4) is 11.5 Å². The van der Waals surface area contributed by atoms with Gasteiger partial charge in [-0.15, -0.1) is 5.10 Å². The lowest BCUT2D eigenvalue weighted by molar-refractivity contribution is -0.116. The van der Waals surface area contributed by atoms with E-state index in [4.69, 9.17) is 21.1 Å². The van der Waals surface area contributed by atoms with Gasteiger partial charge < -0.3 is 14.8 Å². The lowest BCUT2D eigenvalue weighted by atomic mass is 10.2. The van der Waals surface area contributed by atoms with Crippen LogP contribution < -0.4 is 14.8 Å². The highest BCUT2D eigenvalue weighted by molar-refractivity contribution is 8.15. The molecule has 8 heteroatoms. The zero-order valence-electron chi connectivity index (χ0n) is 13.9. The molecular formula is C18H16ClN3O3S. The third kappa shape index (κ3) is 5.00. The zero-order valence-corrected chi connectivity index (χ0v) is 15.5. The average Bonchev–Trinajstić information content (AvgIpc) is 3.06. The number of rotatable bonds is 6. The van der Waals surface area contributed by atoms with Crippen LogP contribution in [0.2, 0.25) is 5.02 Å². The molecule has 1 fully saturated rings. The van der Waals surface area contributed by atoms with E-state index in [0.29, 0.717) is 33.9 Å². The second-order valence-electron chi connectivity index (χ2n) is 5.31. The molecule has 3 rings (SSSR count). The fourth-order valence-electron chi connectivity index (χ4n) is 2.20. The van der Waals surface area contributed by atoms with Crippen LogP contribution in [0.25, 0.3) is 0 Å². The van der Waals surface area contributed by atoms with Crippen LogP contribution in [0.1, 0.15) is 11.1 Å². The van der Waals surface area contributed by atoms with Gasteiger partial charge in [-0.1, -0.05) is 35.5 Å². The van der Waals surface area contributed by atoms with Gasteiger partial charge in [-0.3, -0.25) is 4.79 Å². The molecule has 6 nitrogen and oxygen atoms in total. The molecule has 0 bridgehead atoms. The van der Waals surface area contributed by atoms with Gasteiger partial charge in [0.25, 0.3) is 0 Å². The molecule has 0 radical (unpaired) electrons. The number of nitrogens with zero attached hydrogens (tertiary/aromatic N) is 2. The summed E-state index contributed by atoms with van der Waals surface area (Å²) >= 11 is 7.38. The summed E-state index contributed by atoms with van der Waals surface area (Å²) < 4.78 is 11.1. The molecule has 2 aromatic carbocycles. The summed E-state index contributed by atoms with van der Waals surface area (Å²) in [4.78, 5) is 11.1. The van der Waals surface area contributed by atoms with Crippen LogP contribution in [-0.4, -0.2) is 30.2 Å². The normalized spacial score (nSPS) is 15.5. The van der Waals surface area contributed by atoms with Crippen LogP contribution in [-0.2, 0) is 11.4 Å². The Bertz CT molecular complexity index is 871. The molecule has 0 aromatic heterocycles. The maximum Gasteiger partial charge on any atom is 0.236 e. The van der Waals surface area contributed by atoms with Crippen molar-refractivity contribution < 1.29 is 14.3 Å². The highest BCUT2D eigenvalue weighted by Crippen LogP contribution is 2.23. The topological polar surface area (TPSA) is 72.3 Å². The fraction of sp³-hybridized carbons (Fsp3) is 0.167. The first-order valence-electron chi connectivity index (χ1n) is 7.73. The van der Waals surface area contributed by atoms with Crippen LogP contribution in [0, 0.1) is 0 Å². The van der Waals surface area contributed by atoms with E-state index in [2.05, 4.69) is 15.5 Å². The molecule has 1 amide bonds. The summed E-state index contributed by atoms with van der Waals surface area (Å²) in [5, 5.41) is 11.7. The van der Waals surface area contributed by atoms with Crippen molar-refractivity contribution >= 4 is 40.7 Å². The van der Waals surface area contributed by atoms with Gasteiger partial charge in [-0.05, 0) is 35.9 Å². The van der Waals surface area contributed by atoms with Crippen LogP contribution >= 0.6 is 23.4 Å². The van der Waals surface area contributed by atoms with Gasteiger partial charge in [0.05, 0.1) is 19.1 Å². The van der Waals surface area contributed by atoms with Gasteiger partial charge in [0.2, 0.25) is 5.91 Å². The number of thioether (sulfide) groups is 1. The number of amides is 1. The molecule has 0 spiro atoms. The molecule has 1 aliphatic rings. The molecular weight excluding hydrogens is 374 g/mol. The summed E-state index contributed by atoms with van der Waals surface area (Å²) in [5.74, 6) is 1.69. The van der Waals surface area contributed by atoms with E-state index in [1.54, 1.807) is 31.5 Å². The molecule has 1 aliphatic heterocycles. The van der Waals surface area contributed by atoms with Gasteiger partial charge in [0, 0.05) is 10.6 Å². The maximum atomic E-state index is 11.1. The highest BCUT2D eigenvalue weighted by atomic mass is 35.5. The number of carbonyl (C=O) groups is 1. The maximum absolute atomic E-state index is 11.1. The molecule has 26 heavy (non-hydrogen) atoms. The van der Waals surface area contributed by atoms with Crippen molar-refractivity contribution in [2.45, 2.75) is 6.61 Å². The molecule has 1 saturated heterocycles. The van der Waals surface area contributed by atoms with Crippen molar-refractivity contribution in [1.82, 2.24) is 5.32 Å². The highest BCUT2D eigenvalue weighted by Gasteiger charge is 2.16. The van der Waals surface area contributed by atoms with Gasteiger partial charge in [-0.2, -0.15) is 5.10 Å². The minimum Gasteiger partial charge on any atom is -0.497 e. The minimum absolute atomic E-state index is 0.0750. The Labute approximate surface area is 160 Å². The second-order valence-corrected chi connectivity index (χ2v) is 6.71. The van der Waals surface area contributed by atoms with E-state index in [9.17, 15) is 4.79 Å². The molecule has 134 valence electrons. The number of amidine groups is 1. The number of hydrogen-bond acceptors (Lipinski definition) is 6. The Balaban J connectivity index is 1.72. The number of nitrogens with one attached hydrogen (secondary N) is 1. The van der Waals surface area contributed by atoms with Crippen molar-refractivity contribution in [3.05, 3.63) is 58.6 Å². The first kappa shape index (κ1) is 18.3. The van der Waals surface area contributed by atoms with Crippen LogP contribution in [0.15, 0.2) is 52.7 Å². The monoisotopic (exact) mass is 389 g/mol. The smallest absolute Gasteiger partial charge is 0.236 e. The summed E-state index contributed by atoms with van der Waals surface area (Å²) in [5.41, 5.74) is 1.67. The largest absolute Gasteiger partial charge is 0.497 e. The Kier molecular flexibility index (Phi) is 6.14. The predicted octanol–water partition coefficient (Wildman–Crippen LogP) is 3.48. The van der Waals surface area contributed by atoms with E-state index < -0.39 is 0 Å². The fourth-order valence-corrected chi connectivity index (χ4v) is 3.01. The molecule has 1 heterocycles. The van der Waals surface area contributed by atoms with Crippen LogP contribution in [0.3, 0.4) is 0 Å². The van der Waals surface area contributed by atoms with E-state index in [1.807, 2.05) is 24.3 Å². The lowest BCUT2D eigenvalue weighted by Crippen LogP contribution is -2.19. The summed E-state index contributed by atoms with van der Waals surface area (Å²) in [6, 6.07) is 12.9. The summed E-state index contributed by atoms with van der Waals surface area (Å²) in [6.45, 7) is 0.375. The number of methoxy groups -OCH3 is 1. The van der Waals surface area contributed by atoms with E-state index in [-0.39, 0.29) is 5.91 Å². The third-order valence-electron chi connectivity index (χ3n) is 3.43. The summed E-state index contributed by atoms with van der Waals surface area (Å²) in [7, 11) is 1.63. The molecule has 0 aliphatic carbocycles. The third-order valence-corrected chi connectivity index (χ3v) is 4.53. The number of ether oxygens (including phenoxy) is 2. The molecule has 2 aromatic rings. The SMILES string of the molecule is COc1cccc(COc2ccc(Cl)cc2C=NN=C2NC(=O)CS2)c1. The Hall–Kier alpha value is -2.51. The van der Waals surface area contributed by atoms with Gasteiger partial charge in [-0.25, -0.2) is 0 Å². The van der Waals surface area contributed by atoms with E-state index in [0.717, 1.165) is 11.3 Å². The first-order chi connectivity index (χ1) is 12.6. The lowest BCUT2D eigenvalue weighted by Gasteiger charge is -2.10. The number of carbonyl (C=O) groups excluding carboxylic acids is 1. The number of halogens is 1. The minimum atomic E-state index is -0.0750. The molecule has 1 N–H and O–H groups in total. The first-order valence-corrected chi connectivity index (χ1v) is 9.09. The molecule has 0 unspecified atom stereocenters. The van der Waals surface area contributed by atoms with Crippen molar-refractivity contribution in [2.24, 2.45) is 10.2 Å². The van der Waals surface area contributed by atoms with Gasteiger partial charge in [0.1, 0.15) is 18.1 Å². The second kappa shape index (κ2) is 8.73. The van der Waals surface area contributed by atoms with Crippen LogP contribution in [0.5, 0.6) is 11.5 Å². The Morgan fingerprint density at radius 2 is 2.19 bits per heavy atom. The Morgan fingerprint density at radius 1 is 1.31 bits per heavy atom. The standard InChI is InChI=1S/C18H16ClN3O3S/c1-24-15-4-2-3-12(7-15)10-25-16-6-5-14(19)8-13(16)9-20-22-18-21-17(23)11-26-18/h2-9H,10-11H2,1H3,(H,21,22,23).